The van der Waals surface area contributed by atoms with Crippen LogP contribution >= 0.6 is 0 Å². The number of aliphatic carboxylic acids is 1. The molecule has 26 heavy (non-hydrogen) atoms. The number of carboxylic acids is 1. The Morgan fingerprint density at radius 2 is 2.04 bits per heavy atom. The third-order valence-corrected chi connectivity index (χ3v) is 3.59. The van der Waals surface area contributed by atoms with Gasteiger partial charge in [-0.1, -0.05) is 35.5 Å². The van der Waals surface area contributed by atoms with Crippen LogP contribution in [-0.2, 0) is 29.1 Å². The molecule has 0 saturated heterocycles. The maximum absolute atomic E-state index is 10.6. The SMILES string of the molecule is O=C(O)C(F)(F)F.c1ccc(CCNCC2Cn3nncc3CO2)cc1. The van der Waals surface area contributed by atoms with Crippen molar-refractivity contribution in [3.05, 3.63) is 47.8 Å². The summed E-state index contributed by atoms with van der Waals surface area (Å²) in [7, 11) is 0. The summed E-state index contributed by atoms with van der Waals surface area (Å²) in [5, 5.41) is 18.5. The minimum Gasteiger partial charge on any atom is -0.475 e. The molecule has 0 saturated carbocycles. The Bertz CT molecular complexity index is 692. The number of fused-ring (bicyclic) bond motifs is 1. The van der Waals surface area contributed by atoms with Crippen LogP contribution in [0, 0.1) is 0 Å². The first-order chi connectivity index (χ1) is 12.4. The van der Waals surface area contributed by atoms with Crippen LogP contribution in [0.3, 0.4) is 0 Å². The van der Waals surface area contributed by atoms with Crippen molar-refractivity contribution in [2.24, 2.45) is 0 Å². The molecule has 0 radical (unpaired) electrons. The average Bonchev–Trinajstić information content (AvgIpc) is 3.07. The van der Waals surface area contributed by atoms with E-state index in [1.54, 1.807) is 6.20 Å². The summed E-state index contributed by atoms with van der Waals surface area (Å²) in [5.74, 6) is -2.76. The van der Waals surface area contributed by atoms with E-state index in [1.165, 1.54) is 5.56 Å². The fraction of sp³-hybridized carbons (Fsp3) is 0.438. The van der Waals surface area contributed by atoms with E-state index >= 15 is 0 Å². The molecule has 1 aliphatic rings. The van der Waals surface area contributed by atoms with Crippen LogP contribution in [-0.4, -0.2) is 51.4 Å². The van der Waals surface area contributed by atoms with Gasteiger partial charge in [-0.15, -0.1) is 5.10 Å². The highest BCUT2D eigenvalue weighted by atomic mass is 19.4. The lowest BCUT2D eigenvalue weighted by atomic mass is 10.1. The van der Waals surface area contributed by atoms with Gasteiger partial charge in [-0.05, 0) is 18.5 Å². The quantitative estimate of drug-likeness (QED) is 0.776. The fourth-order valence-electron chi connectivity index (χ4n) is 2.26. The van der Waals surface area contributed by atoms with Crippen molar-refractivity contribution in [1.82, 2.24) is 20.3 Å². The second-order valence-corrected chi connectivity index (χ2v) is 5.58. The molecular formula is C16H19F3N4O3. The van der Waals surface area contributed by atoms with Crippen LogP contribution in [0.2, 0.25) is 0 Å². The highest BCUT2D eigenvalue weighted by Gasteiger charge is 2.38. The zero-order valence-corrected chi connectivity index (χ0v) is 13.8. The Balaban J connectivity index is 0.000000298. The largest absolute Gasteiger partial charge is 0.490 e. The van der Waals surface area contributed by atoms with E-state index in [1.807, 2.05) is 10.7 Å². The molecular weight excluding hydrogens is 353 g/mol. The van der Waals surface area contributed by atoms with Gasteiger partial charge in [0.25, 0.3) is 0 Å². The molecule has 3 rings (SSSR count). The van der Waals surface area contributed by atoms with Crippen molar-refractivity contribution < 1.29 is 27.8 Å². The smallest absolute Gasteiger partial charge is 0.475 e. The number of nitrogens with zero attached hydrogens (tertiary/aromatic N) is 3. The van der Waals surface area contributed by atoms with E-state index in [0.717, 1.165) is 31.7 Å². The molecule has 10 heteroatoms. The predicted octanol–water partition coefficient (Wildman–Crippen LogP) is 1.64. The number of nitrogens with one attached hydrogen (secondary N) is 1. The van der Waals surface area contributed by atoms with Gasteiger partial charge in [0, 0.05) is 6.54 Å². The maximum Gasteiger partial charge on any atom is 0.490 e. The van der Waals surface area contributed by atoms with Crippen LogP contribution < -0.4 is 5.32 Å². The molecule has 2 aromatic rings. The standard InChI is InChI=1S/C14H18N4O.C2HF3O2/c1-2-4-12(5-3-1)6-7-15-9-14-10-18-13(11-19-14)8-16-17-18;3-2(4,5)1(6)7/h1-5,8,14-15H,6-7,9-11H2;(H,6,7). The Morgan fingerprint density at radius 3 is 2.69 bits per heavy atom. The van der Waals surface area contributed by atoms with Gasteiger partial charge >= 0.3 is 12.1 Å². The monoisotopic (exact) mass is 372 g/mol. The van der Waals surface area contributed by atoms with Crippen LogP contribution in [0.15, 0.2) is 36.5 Å². The number of carbonyl (C=O) groups is 1. The normalized spacial score (nSPS) is 16.3. The van der Waals surface area contributed by atoms with Gasteiger partial charge in [-0.3, -0.25) is 0 Å². The van der Waals surface area contributed by atoms with Crippen LogP contribution in [0.1, 0.15) is 11.3 Å². The molecule has 1 aromatic carbocycles. The highest BCUT2D eigenvalue weighted by molar-refractivity contribution is 5.73. The van der Waals surface area contributed by atoms with Crippen molar-refractivity contribution >= 4 is 5.97 Å². The minimum absolute atomic E-state index is 0.185. The van der Waals surface area contributed by atoms with Gasteiger partial charge in [0.15, 0.2) is 0 Å². The molecule has 1 unspecified atom stereocenters. The number of rotatable bonds is 5. The molecule has 1 aliphatic heterocycles. The molecule has 2 heterocycles. The second kappa shape index (κ2) is 9.30. The summed E-state index contributed by atoms with van der Waals surface area (Å²) in [5.41, 5.74) is 2.42. The van der Waals surface area contributed by atoms with E-state index in [-0.39, 0.29) is 6.10 Å². The van der Waals surface area contributed by atoms with Crippen LogP contribution in [0.5, 0.6) is 0 Å². The molecule has 0 aliphatic carbocycles. The van der Waals surface area contributed by atoms with Gasteiger partial charge < -0.3 is 15.2 Å². The molecule has 0 bridgehead atoms. The molecule has 2 N–H and O–H groups in total. The molecule has 0 fully saturated rings. The summed E-state index contributed by atoms with van der Waals surface area (Å²) in [4.78, 5) is 8.90. The summed E-state index contributed by atoms with van der Waals surface area (Å²) >= 11 is 0. The number of benzene rings is 1. The lowest BCUT2D eigenvalue weighted by Crippen LogP contribution is -2.37. The van der Waals surface area contributed by atoms with Gasteiger partial charge in [0.2, 0.25) is 0 Å². The molecule has 0 spiro atoms. The van der Waals surface area contributed by atoms with Crippen LogP contribution in [0.25, 0.3) is 0 Å². The molecule has 0 amide bonds. The average molecular weight is 372 g/mol. The topological polar surface area (TPSA) is 89.3 Å². The Kier molecular flexibility index (Phi) is 7.10. The number of alkyl halides is 3. The number of hydrogen-bond donors (Lipinski definition) is 2. The van der Waals surface area contributed by atoms with Crippen molar-refractivity contribution in [2.75, 3.05) is 13.1 Å². The summed E-state index contributed by atoms with van der Waals surface area (Å²) < 4.78 is 39.4. The number of aromatic nitrogens is 3. The van der Waals surface area contributed by atoms with Crippen molar-refractivity contribution in [2.45, 2.75) is 31.9 Å². The first-order valence-electron chi connectivity index (χ1n) is 7.90. The fourth-order valence-corrected chi connectivity index (χ4v) is 2.26. The van der Waals surface area contributed by atoms with E-state index in [4.69, 9.17) is 14.6 Å². The second-order valence-electron chi connectivity index (χ2n) is 5.58. The van der Waals surface area contributed by atoms with Gasteiger partial charge in [0.05, 0.1) is 31.1 Å². The molecule has 142 valence electrons. The minimum atomic E-state index is -5.08. The zero-order chi connectivity index (χ0) is 19.0. The molecule has 7 nitrogen and oxygen atoms in total. The van der Waals surface area contributed by atoms with Crippen LogP contribution in [0.4, 0.5) is 13.2 Å². The maximum atomic E-state index is 10.6. The lowest BCUT2D eigenvalue weighted by molar-refractivity contribution is -0.192. The Hall–Kier alpha value is -2.46. The van der Waals surface area contributed by atoms with Crippen molar-refractivity contribution in [1.29, 1.82) is 0 Å². The molecule has 1 aromatic heterocycles. The zero-order valence-electron chi connectivity index (χ0n) is 13.8. The number of hydrogen-bond acceptors (Lipinski definition) is 5. The summed E-state index contributed by atoms with van der Waals surface area (Å²) in [6.45, 7) is 3.21. The number of halogens is 3. The first-order valence-corrected chi connectivity index (χ1v) is 7.90. The summed E-state index contributed by atoms with van der Waals surface area (Å²) in [6.07, 6.45) is -2.09. The van der Waals surface area contributed by atoms with Gasteiger partial charge in [-0.2, -0.15) is 13.2 Å². The molecule has 1 atom stereocenters. The predicted molar refractivity (Wildman–Crippen MR) is 85.3 cm³/mol. The van der Waals surface area contributed by atoms with E-state index in [2.05, 4.69) is 39.9 Å². The third-order valence-electron chi connectivity index (χ3n) is 3.59. The van der Waals surface area contributed by atoms with Gasteiger partial charge in [0.1, 0.15) is 0 Å². The van der Waals surface area contributed by atoms with E-state index in [9.17, 15) is 13.2 Å². The van der Waals surface area contributed by atoms with Crippen molar-refractivity contribution in [3.63, 3.8) is 0 Å². The van der Waals surface area contributed by atoms with Crippen molar-refractivity contribution in [3.8, 4) is 0 Å². The number of carboxylic acid groups (broad SMARTS) is 1. The Morgan fingerprint density at radius 1 is 1.35 bits per heavy atom. The van der Waals surface area contributed by atoms with E-state index < -0.39 is 12.1 Å². The van der Waals surface area contributed by atoms with E-state index in [0.29, 0.717) is 6.61 Å². The number of ether oxygens (including phenoxy) is 1. The summed E-state index contributed by atoms with van der Waals surface area (Å²) in [6, 6.07) is 10.5. The Labute approximate surface area is 147 Å². The first kappa shape index (κ1) is 19.9. The van der Waals surface area contributed by atoms with Gasteiger partial charge in [-0.25, -0.2) is 9.48 Å². The third kappa shape index (κ3) is 6.45. The lowest BCUT2D eigenvalue weighted by Gasteiger charge is -2.23. The highest BCUT2D eigenvalue weighted by Crippen LogP contribution is 2.13.